The standard InChI is InChI=1S/C15H15N5/c1-16-13-10-12(11-6-4-3-5-7-11)18-14(19-13)15-17-8-9-20(15)2/h3-10H,1-2H3,(H,16,18,19). The normalized spacial score (nSPS) is 10.5. The zero-order chi connectivity index (χ0) is 13.9. The quantitative estimate of drug-likeness (QED) is 0.791. The maximum atomic E-state index is 4.62. The fourth-order valence-electron chi connectivity index (χ4n) is 2.01. The molecule has 1 aromatic carbocycles. The van der Waals surface area contributed by atoms with E-state index in [0.29, 0.717) is 5.82 Å². The van der Waals surface area contributed by atoms with E-state index in [4.69, 9.17) is 0 Å². The van der Waals surface area contributed by atoms with Crippen LogP contribution in [0.15, 0.2) is 48.8 Å². The Morgan fingerprint density at radius 3 is 2.55 bits per heavy atom. The minimum atomic E-state index is 0.614. The monoisotopic (exact) mass is 265 g/mol. The number of hydrogen-bond acceptors (Lipinski definition) is 4. The predicted octanol–water partition coefficient (Wildman–Crippen LogP) is 2.59. The number of nitrogens with one attached hydrogen (secondary N) is 1. The second-order valence-corrected chi connectivity index (χ2v) is 4.44. The number of imidazole rings is 1. The number of rotatable bonds is 3. The van der Waals surface area contributed by atoms with E-state index in [9.17, 15) is 0 Å². The molecular weight excluding hydrogens is 250 g/mol. The first-order chi connectivity index (χ1) is 9.78. The highest BCUT2D eigenvalue weighted by molar-refractivity contribution is 5.65. The van der Waals surface area contributed by atoms with Crippen molar-refractivity contribution in [2.75, 3.05) is 12.4 Å². The Morgan fingerprint density at radius 1 is 1.10 bits per heavy atom. The Morgan fingerprint density at radius 2 is 1.90 bits per heavy atom. The molecule has 0 radical (unpaired) electrons. The molecule has 3 aromatic rings. The number of anilines is 1. The van der Waals surface area contributed by atoms with Gasteiger partial charge in [-0.25, -0.2) is 15.0 Å². The third-order valence-electron chi connectivity index (χ3n) is 3.07. The molecule has 0 saturated heterocycles. The van der Waals surface area contributed by atoms with E-state index in [-0.39, 0.29) is 0 Å². The van der Waals surface area contributed by atoms with Crippen molar-refractivity contribution in [3.05, 3.63) is 48.8 Å². The molecule has 0 bridgehead atoms. The van der Waals surface area contributed by atoms with E-state index in [0.717, 1.165) is 22.9 Å². The van der Waals surface area contributed by atoms with Gasteiger partial charge in [0.1, 0.15) is 5.82 Å². The van der Waals surface area contributed by atoms with Crippen LogP contribution < -0.4 is 5.32 Å². The summed E-state index contributed by atoms with van der Waals surface area (Å²) in [5.74, 6) is 2.14. The van der Waals surface area contributed by atoms with Crippen LogP contribution in [0.5, 0.6) is 0 Å². The van der Waals surface area contributed by atoms with Crippen LogP contribution in [0.2, 0.25) is 0 Å². The topological polar surface area (TPSA) is 55.6 Å². The van der Waals surface area contributed by atoms with Crippen molar-refractivity contribution >= 4 is 5.82 Å². The van der Waals surface area contributed by atoms with Crippen LogP contribution in [0.25, 0.3) is 22.9 Å². The van der Waals surface area contributed by atoms with Gasteiger partial charge in [-0.2, -0.15) is 0 Å². The Kier molecular flexibility index (Phi) is 3.16. The zero-order valence-electron chi connectivity index (χ0n) is 11.4. The van der Waals surface area contributed by atoms with Gasteiger partial charge in [0.05, 0.1) is 5.69 Å². The molecule has 5 heteroatoms. The predicted molar refractivity (Wildman–Crippen MR) is 79.2 cm³/mol. The number of aromatic nitrogens is 4. The van der Waals surface area contributed by atoms with Gasteiger partial charge in [0.25, 0.3) is 0 Å². The lowest BCUT2D eigenvalue weighted by atomic mass is 10.1. The molecule has 0 atom stereocenters. The number of benzene rings is 1. The maximum Gasteiger partial charge on any atom is 0.198 e. The molecule has 0 unspecified atom stereocenters. The van der Waals surface area contributed by atoms with Gasteiger partial charge in [-0.15, -0.1) is 0 Å². The summed E-state index contributed by atoms with van der Waals surface area (Å²) in [5.41, 5.74) is 1.94. The third kappa shape index (κ3) is 2.25. The Balaban J connectivity index is 2.15. The van der Waals surface area contributed by atoms with Gasteiger partial charge in [0.2, 0.25) is 0 Å². The van der Waals surface area contributed by atoms with Gasteiger partial charge in [0.15, 0.2) is 11.6 Å². The smallest absolute Gasteiger partial charge is 0.198 e. The molecule has 5 nitrogen and oxygen atoms in total. The van der Waals surface area contributed by atoms with Gasteiger partial charge in [0, 0.05) is 38.1 Å². The summed E-state index contributed by atoms with van der Waals surface area (Å²) in [4.78, 5) is 13.4. The number of aryl methyl sites for hydroxylation is 1. The van der Waals surface area contributed by atoms with Crippen molar-refractivity contribution < 1.29 is 0 Å². The lowest BCUT2D eigenvalue weighted by Crippen LogP contribution is -2.02. The minimum Gasteiger partial charge on any atom is -0.373 e. The number of nitrogens with zero attached hydrogens (tertiary/aromatic N) is 4. The summed E-state index contributed by atoms with van der Waals surface area (Å²) in [6.45, 7) is 0. The van der Waals surface area contributed by atoms with Crippen LogP contribution in [0.4, 0.5) is 5.82 Å². The van der Waals surface area contributed by atoms with Crippen molar-refractivity contribution in [2.45, 2.75) is 0 Å². The molecular formula is C15H15N5. The van der Waals surface area contributed by atoms with E-state index in [1.165, 1.54) is 0 Å². The molecule has 2 heterocycles. The average molecular weight is 265 g/mol. The van der Waals surface area contributed by atoms with Crippen LogP contribution in [0, 0.1) is 0 Å². The molecule has 100 valence electrons. The molecule has 0 aliphatic heterocycles. The number of hydrogen-bond donors (Lipinski definition) is 1. The fraction of sp³-hybridized carbons (Fsp3) is 0.133. The van der Waals surface area contributed by atoms with E-state index in [2.05, 4.69) is 20.3 Å². The molecule has 0 saturated carbocycles. The van der Waals surface area contributed by atoms with Gasteiger partial charge in [-0.3, -0.25) is 0 Å². The van der Waals surface area contributed by atoms with E-state index in [1.54, 1.807) is 6.20 Å². The first kappa shape index (κ1) is 12.3. The van der Waals surface area contributed by atoms with E-state index in [1.807, 2.05) is 61.3 Å². The van der Waals surface area contributed by atoms with Crippen LogP contribution in [-0.2, 0) is 7.05 Å². The van der Waals surface area contributed by atoms with E-state index >= 15 is 0 Å². The maximum absolute atomic E-state index is 4.62. The van der Waals surface area contributed by atoms with Crippen LogP contribution in [0.1, 0.15) is 0 Å². The molecule has 0 fully saturated rings. The first-order valence-corrected chi connectivity index (χ1v) is 6.38. The summed E-state index contributed by atoms with van der Waals surface area (Å²) >= 11 is 0. The first-order valence-electron chi connectivity index (χ1n) is 6.38. The van der Waals surface area contributed by atoms with Crippen LogP contribution in [-0.4, -0.2) is 26.6 Å². The molecule has 20 heavy (non-hydrogen) atoms. The molecule has 0 aliphatic rings. The molecule has 2 aromatic heterocycles. The fourth-order valence-corrected chi connectivity index (χ4v) is 2.01. The summed E-state index contributed by atoms with van der Waals surface area (Å²) in [5, 5.41) is 3.07. The lowest BCUT2D eigenvalue weighted by Gasteiger charge is -2.08. The van der Waals surface area contributed by atoms with Crippen molar-refractivity contribution in [1.82, 2.24) is 19.5 Å². The molecule has 1 N–H and O–H groups in total. The lowest BCUT2D eigenvalue weighted by molar-refractivity contribution is 0.907. The van der Waals surface area contributed by atoms with E-state index < -0.39 is 0 Å². The molecule has 0 aliphatic carbocycles. The van der Waals surface area contributed by atoms with Crippen molar-refractivity contribution in [3.63, 3.8) is 0 Å². The van der Waals surface area contributed by atoms with Gasteiger partial charge < -0.3 is 9.88 Å². The van der Waals surface area contributed by atoms with Gasteiger partial charge >= 0.3 is 0 Å². The molecule has 3 rings (SSSR count). The summed E-state index contributed by atoms with van der Waals surface area (Å²) in [6, 6.07) is 12.0. The Bertz CT molecular complexity index is 718. The molecule has 0 spiro atoms. The largest absolute Gasteiger partial charge is 0.373 e. The summed E-state index contributed by atoms with van der Waals surface area (Å²) in [7, 11) is 3.78. The second-order valence-electron chi connectivity index (χ2n) is 4.44. The third-order valence-corrected chi connectivity index (χ3v) is 3.07. The average Bonchev–Trinajstić information content (AvgIpc) is 2.94. The van der Waals surface area contributed by atoms with Crippen LogP contribution in [0.3, 0.4) is 0 Å². The van der Waals surface area contributed by atoms with Crippen molar-refractivity contribution in [1.29, 1.82) is 0 Å². The van der Waals surface area contributed by atoms with Gasteiger partial charge in [-0.05, 0) is 0 Å². The summed E-state index contributed by atoms with van der Waals surface area (Å²) in [6.07, 6.45) is 3.62. The molecule has 0 amide bonds. The second kappa shape index (κ2) is 5.13. The van der Waals surface area contributed by atoms with Gasteiger partial charge in [-0.1, -0.05) is 30.3 Å². The van der Waals surface area contributed by atoms with Crippen molar-refractivity contribution in [2.24, 2.45) is 7.05 Å². The summed E-state index contributed by atoms with van der Waals surface area (Å²) < 4.78 is 1.91. The Hall–Kier alpha value is -2.69. The Labute approximate surface area is 117 Å². The van der Waals surface area contributed by atoms with Crippen LogP contribution >= 0.6 is 0 Å². The minimum absolute atomic E-state index is 0.614. The highest BCUT2D eigenvalue weighted by Gasteiger charge is 2.11. The highest BCUT2D eigenvalue weighted by Crippen LogP contribution is 2.22. The zero-order valence-corrected chi connectivity index (χ0v) is 11.4. The SMILES string of the molecule is CNc1cc(-c2ccccc2)nc(-c2nccn2C)n1. The highest BCUT2D eigenvalue weighted by atomic mass is 15.1. The van der Waals surface area contributed by atoms with Crippen molar-refractivity contribution in [3.8, 4) is 22.9 Å².